The van der Waals surface area contributed by atoms with Crippen LogP contribution in [0.3, 0.4) is 0 Å². The van der Waals surface area contributed by atoms with Gasteiger partial charge in [-0.3, -0.25) is 0 Å². The molecule has 0 saturated heterocycles. The van der Waals surface area contributed by atoms with Crippen LogP contribution in [0, 0.1) is 0 Å². The van der Waals surface area contributed by atoms with E-state index in [1.54, 1.807) is 15.9 Å². The SMILES string of the molecule is [2H]c1c([2H])c([2H])c2c(c1[2H])c1c([2H])c(-c3ccc4c(c3)c3cc(-c5ccccc5)ccc3n4-c3cccc(-c4ccccc4)c3)c([2H])c([2H])c1n2-c1ccc2c(c1)sc1ccccc12. The Kier molecular flexibility index (Phi) is 5.74. The van der Waals surface area contributed by atoms with Crippen LogP contribution >= 0.6 is 11.3 Å². The number of aromatic nitrogens is 2. The van der Waals surface area contributed by atoms with Crippen molar-refractivity contribution in [2.24, 2.45) is 0 Å². The molecule has 0 aliphatic heterocycles. The molecule has 3 aromatic heterocycles. The van der Waals surface area contributed by atoms with Gasteiger partial charge in [-0.2, -0.15) is 0 Å². The standard InChI is InChI=1S/C54H34N2S/c1-3-12-35(13-4-1)37-16-11-17-41(30-37)55-51-27-22-38(36-14-5-2-6-15-36)31-47(51)48-33-40(24-29-52(48)55)39-23-28-50-46(32-39)43-18-7-9-20-49(43)56(50)42-25-26-45-44-19-8-10-21-53(44)57-54(45)34-42/h1-34H/i7D,9D,18D,20D,23D,28D,32D. The van der Waals surface area contributed by atoms with Gasteiger partial charge in [0.15, 0.2) is 0 Å². The van der Waals surface area contributed by atoms with Gasteiger partial charge in [0, 0.05) is 53.1 Å². The van der Waals surface area contributed by atoms with Crippen molar-refractivity contribution in [3.63, 3.8) is 0 Å². The van der Waals surface area contributed by atoms with E-state index in [4.69, 9.17) is 2.74 Å². The zero-order valence-corrected chi connectivity index (χ0v) is 31.2. The van der Waals surface area contributed by atoms with Crippen LogP contribution in [0.5, 0.6) is 0 Å². The molecule has 0 atom stereocenters. The summed E-state index contributed by atoms with van der Waals surface area (Å²) >= 11 is 1.62. The first-order chi connectivity index (χ1) is 31.2. The van der Waals surface area contributed by atoms with Crippen LogP contribution in [0.4, 0.5) is 0 Å². The molecule has 0 spiro atoms. The van der Waals surface area contributed by atoms with Crippen LogP contribution < -0.4 is 0 Å². The molecular formula is C54H34N2S. The molecule has 2 nitrogen and oxygen atoms in total. The minimum absolute atomic E-state index is 0.0728. The second-order valence-electron chi connectivity index (χ2n) is 14.4. The summed E-state index contributed by atoms with van der Waals surface area (Å²) in [5.74, 6) is 0. The summed E-state index contributed by atoms with van der Waals surface area (Å²) in [6, 6.07) is 53.6. The summed E-state index contributed by atoms with van der Waals surface area (Å²) in [6.07, 6.45) is 0. The Hall–Kier alpha value is -7.20. The van der Waals surface area contributed by atoms with Crippen LogP contribution in [0.2, 0.25) is 0 Å². The van der Waals surface area contributed by atoms with E-state index >= 15 is 0 Å². The van der Waals surface area contributed by atoms with Gasteiger partial charge in [0.1, 0.15) is 0 Å². The normalized spacial score (nSPS) is 13.6. The molecule has 3 heterocycles. The van der Waals surface area contributed by atoms with Crippen molar-refractivity contribution in [2.75, 3.05) is 0 Å². The van der Waals surface area contributed by atoms with Gasteiger partial charge in [-0.1, -0.05) is 133 Å². The predicted octanol–water partition coefficient (Wildman–Crippen LogP) is 15.2. The second-order valence-corrected chi connectivity index (χ2v) is 15.5. The van der Waals surface area contributed by atoms with Gasteiger partial charge in [-0.05, 0) is 106 Å². The van der Waals surface area contributed by atoms with Crippen molar-refractivity contribution in [2.45, 2.75) is 0 Å². The quantitative estimate of drug-likeness (QED) is 0.166. The summed E-state index contributed by atoms with van der Waals surface area (Å²) in [5.41, 5.74) is 8.95. The molecule has 0 radical (unpaired) electrons. The smallest absolute Gasteiger partial charge is 0.0645 e. The highest BCUT2D eigenvalue weighted by molar-refractivity contribution is 7.25. The van der Waals surface area contributed by atoms with Crippen molar-refractivity contribution in [3.8, 4) is 44.8 Å². The van der Waals surface area contributed by atoms with Crippen molar-refractivity contribution in [3.05, 3.63) is 206 Å². The summed E-state index contributed by atoms with van der Waals surface area (Å²) in [6.45, 7) is 0. The molecule has 0 bridgehead atoms. The van der Waals surface area contributed by atoms with Crippen molar-refractivity contribution < 1.29 is 9.60 Å². The first-order valence-electron chi connectivity index (χ1n) is 22.4. The number of para-hydroxylation sites is 1. The van der Waals surface area contributed by atoms with E-state index in [0.29, 0.717) is 11.3 Å². The van der Waals surface area contributed by atoms with Crippen molar-refractivity contribution in [1.82, 2.24) is 9.13 Å². The lowest BCUT2D eigenvalue weighted by Gasteiger charge is -2.11. The Morgan fingerprint density at radius 3 is 1.70 bits per heavy atom. The molecule has 0 N–H and O–H groups in total. The number of rotatable bonds is 5. The molecular weight excluding hydrogens is 709 g/mol. The number of thiophene rings is 1. The topological polar surface area (TPSA) is 9.86 Å². The molecule has 0 aliphatic rings. The van der Waals surface area contributed by atoms with E-state index < -0.39 is 12.1 Å². The van der Waals surface area contributed by atoms with Gasteiger partial charge in [0.05, 0.1) is 31.7 Å². The van der Waals surface area contributed by atoms with Gasteiger partial charge < -0.3 is 9.13 Å². The lowest BCUT2D eigenvalue weighted by atomic mass is 9.99. The Bertz CT molecular complexity index is 3930. The van der Waals surface area contributed by atoms with E-state index in [2.05, 4.69) is 83.4 Å². The van der Waals surface area contributed by atoms with Gasteiger partial charge in [0.25, 0.3) is 0 Å². The van der Waals surface area contributed by atoms with E-state index in [9.17, 15) is 6.85 Å². The first-order valence-corrected chi connectivity index (χ1v) is 19.8. The van der Waals surface area contributed by atoms with E-state index in [-0.39, 0.29) is 57.6 Å². The highest BCUT2D eigenvalue weighted by Crippen LogP contribution is 2.41. The Morgan fingerprint density at radius 1 is 0.333 bits per heavy atom. The highest BCUT2D eigenvalue weighted by atomic mass is 32.1. The molecule has 0 amide bonds. The third-order valence-corrected chi connectivity index (χ3v) is 12.3. The molecule has 0 unspecified atom stereocenters. The lowest BCUT2D eigenvalue weighted by molar-refractivity contribution is 1.18. The predicted molar refractivity (Wildman–Crippen MR) is 244 cm³/mol. The van der Waals surface area contributed by atoms with Crippen LogP contribution in [0.15, 0.2) is 206 Å². The Balaban J connectivity index is 1.13. The average Bonchev–Trinajstić information content (AvgIpc) is 4.00. The summed E-state index contributed by atoms with van der Waals surface area (Å²) in [7, 11) is 0. The van der Waals surface area contributed by atoms with Crippen LogP contribution in [-0.2, 0) is 0 Å². The molecule has 12 rings (SSSR count). The van der Waals surface area contributed by atoms with Crippen LogP contribution in [0.25, 0.3) is 109 Å². The summed E-state index contributed by atoms with van der Waals surface area (Å²) in [4.78, 5) is 0. The molecule has 0 aliphatic carbocycles. The molecule has 3 heteroatoms. The van der Waals surface area contributed by atoms with Gasteiger partial charge in [0.2, 0.25) is 0 Å². The second kappa shape index (κ2) is 12.7. The Morgan fingerprint density at radius 2 is 0.930 bits per heavy atom. The summed E-state index contributed by atoms with van der Waals surface area (Å²) < 4.78 is 71.2. The first kappa shape index (κ1) is 25.8. The largest absolute Gasteiger partial charge is 0.309 e. The number of fused-ring (bicyclic) bond motifs is 9. The Labute approximate surface area is 343 Å². The lowest BCUT2D eigenvalue weighted by Crippen LogP contribution is -1.94. The summed E-state index contributed by atoms with van der Waals surface area (Å²) in [5, 5.41) is 4.42. The number of nitrogens with zero attached hydrogens (tertiary/aromatic N) is 2. The van der Waals surface area contributed by atoms with Gasteiger partial charge in [-0.25, -0.2) is 0 Å². The minimum Gasteiger partial charge on any atom is -0.309 e. The number of hydrogen-bond acceptors (Lipinski definition) is 1. The fraction of sp³-hybridized carbons (Fsp3) is 0. The van der Waals surface area contributed by atoms with E-state index in [1.807, 2.05) is 84.9 Å². The molecule has 12 aromatic rings. The number of hydrogen-bond donors (Lipinski definition) is 0. The third-order valence-electron chi connectivity index (χ3n) is 11.2. The van der Waals surface area contributed by atoms with Gasteiger partial charge >= 0.3 is 0 Å². The maximum atomic E-state index is 9.96. The molecule has 57 heavy (non-hydrogen) atoms. The third kappa shape index (κ3) is 5.10. The maximum absolute atomic E-state index is 9.96. The van der Waals surface area contributed by atoms with Gasteiger partial charge in [-0.15, -0.1) is 11.3 Å². The van der Waals surface area contributed by atoms with E-state index in [0.717, 1.165) is 69.9 Å². The fourth-order valence-corrected chi connectivity index (χ4v) is 9.63. The monoisotopic (exact) mass is 749 g/mol. The highest BCUT2D eigenvalue weighted by Gasteiger charge is 2.18. The zero-order valence-electron chi connectivity index (χ0n) is 37.4. The zero-order chi connectivity index (χ0) is 43.5. The van der Waals surface area contributed by atoms with Crippen molar-refractivity contribution in [1.29, 1.82) is 0 Å². The average molecular weight is 750 g/mol. The molecule has 266 valence electrons. The minimum atomic E-state index is -0.418. The fourth-order valence-electron chi connectivity index (χ4n) is 8.49. The maximum Gasteiger partial charge on any atom is 0.0645 e. The molecule has 0 fully saturated rings. The van der Waals surface area contributed by atoms with Crippen molar-refractivity contribution >= 4 is 75.1 Å². The molecule has 9 aromatic carbocycles. The van der Waals surface area contributed by atoms with E-state index in [1.165, 1.54) is 0 Å². The van der Waals surface area contributed by atoms with Crippen LogP contribution in [0.1, 0.15) is 9.60 Å². The number of benzene rings is 9. The molecule has 0 saturated carbocycles. The van der Waals surface area contributed by atoms with Crippen LogP contribution in [-0.4, -0.2) is 9.13 Å².